The average molecular weight is 258 g/mol. The highest BCUT2D eigenvalue weighted by molar-refractivity contribution is 5.44. The summed E-state index contributed by atoms with van der Waals surface area (Å²) >= 11 is 0. The van der Waals surface area contributed by atoms with Crippen molar-refractivity contribution in [1.82, 2.24) is 9.55 Å². The molecule has 1 aliphatic heterocycles. The lowest BCUT2D eigenvalue weighted by molar-refractivity contribution is 0.353. The second kappa shape index (κ2) is 4.96. The Morgan fingerprint density at radius 2 is 2.05 bits per heavy atom. The molecule has 0 spiro atoms. The zero-order chi connectivity index (χ0) is 13.2. The summed E-state index contributed by atoms with van der Waals surface area (Å²) in [7, 11) is 3.34. The van der Waals surface area contributed by atoms with Crippen LogP contribution in [0.25, 0.3) is 0 Å². The number of benzene rings is 1. The van der Waals surface area contributed by atoms with E-state index in [1.807, 2.05) is 18.6 Å². The molecule has 0 radical (unpaired) electrons. The molecule has 1 unspecified atom stereocenters. The molecule has 100 valence electrons. The van der Waals surface area contributed by atoms with Gasteiger partial charge in [0.25, 0.3) is 0 Å². The quantitative estimate of drug-likeness (QED) is 0.849. The van der Waals surface area contributed by atoms with Gasteiger partial charge in [-0.15, -0.1) is 0 Å². The molecule has 1 aromatic carbocycles. The summed E-state index contributed by atoms with van der Waals surface area (Å²) in [6, 6.07) is 6.21. The first-order chi connectivity index (χ1) is 9.31. The van der Waals surface area contributed by atoms with E-state index in [1.54, 1.807) is 14.2 Å². The Kier molecular flexibility index (Phi) is 3.15. The molecule has 0 saturated carbocycles. The number of ether oxygens (including phenoxy) is 2. The lowest BCUT2D eigenvalue weighted by Gasteiger charge is -2.25. The SMILES string of the molecule is COc1ccc(C2CCc3cncn3C2)cc1OC. The Morgan fingerprint density at radius 3 is 2.84 bits per heavy atom. The molecule has 0 bridgehead atoms. The molecule has 0 aliphatic carbocycles. The van der Waals surface area contributed by atoms with Crippen molar-refractivity contribution < 1.29 is 9.47 Å². The van der Waals surface area contributed by atoms with E-state index in [0.717, 1.165) is 30.9 Å². The van der Waals surface area contributed by atoms with Crippen LogP contribution < -0.4 is 9.47 Å². The van der Waals surface area contributed by atoms with Gasteiger partial charge in [-0.05, 0) is 30.5 Å². The Bertz CT molecular complexity index is 577. The standard InChI is InChI=1S/C15H18N2O2/c1-18-14-6-4-11(7-15(14)19-2)12-3-5-13-8-16-10-17(13)9-12/h4,6-8,10,12H,3,5,9H2,1-2H3. The van der Waals surface area contributed by atoms with E-state index < -0.39 is 0 Å². The first-order valence-corrected chi connectivity index (χ1v) is 6.52. The molecule has 19 heavy (non-hydrogen) atoms. The van der Waals surface area contributed by atoms with Crippen LogP contribution in [-0.2, 0) is 13.0 Å². The van der Waals surface area contributed by atoms with Gasteiger partial charge < -0.3 is 14.0 Å². The molecule has 0 N–H and O–H groups in total. The number of hydrogen-bond acceptors (Lipinski definition) is 3. The van der Waals surface area contributed by atoms with E-state index in [0.29, 0.717) is 5.92 Å². The molecule has 1 atom stereocenters. The highest BCUT2D eigenvalue weighted by atomic mass is 16.5. The van der Waals surface area contributed by atoms with Crippen molar-refractivity contribution in [2.24, 2.45) is 0 Å². The second-order valence-corrected chi connectivity index (χ2v) is 4.89. The van der Waals surface area contributed by atoms with Crippen LogP contribution in [0.2, 0.25) is 0 Å². The van der Waals surface area contributed by atoms with Gasteiger partial charge >= 0.3 is 0 Å². The smallest absolute Gasteiger partial charge is 0.160 e. The van der Waals surface area contributed by atoms with Crippen molar-refractivity contribution in [2.75, 3.05) is 14.2 Å². The van der Waals surface area contributed by atoms with Crippen LogP contribution in [0.1, 0.15) is 23.6 Å². The van der Waals surface area contributed by atoms with Crippen LogP contribution in [0.3, 0.4) is 0 Å². The van der Waals surface area contributed by atoms with Gasteiger partial charge in [-0.25, -0.2) is 4.98 Å². The number of aromatic nitrogens is 2. The monoisotopic (exact) mass is 258 g/mol. The van der Waals surface area contributed by atoms with Crippen LogP contribution in [-0.4, -0.2) is 23.8 Å². The molecule has 4 nitrogen and oxygen atoms in total. The summed E-state index contributed by atoms with van der Waals surface area (Å²) < 4.78 is 12.9. The highest BCUT2D eigenvalue weighted by Crippen LogP contribution is 2.34. The van der Waals surface area contributed by atoms with Crippen molar-refractivity contribution in [1.29, 1.82) is 0 Å². The predicted molar refractivity (Wildman–Crippen MR) is 72.8 cm³/mol. The molecule has 1 aromatic heterocycles. The second-order valence-electron chi connectivity index (χ2n) is 4.89. The predicted octanol–water partition coefficient (Wildman–Crippen LogP) is 2.63. The van der Waals surface area contributed by atoms with Crippen molar-refractivity contribution >= 4 is 0 Å². The summed E-state index contributed by atoms with van der Waals surface area (Å²) in [5.74, 6) is 2.10. The fraction of sp³-hybridized carbons (Fsp3) is 0.400. The maximum Gasteiger partial charge on any atom is 0.160 e. The first kappa shape index (κ1) is 12.1. The zero-order valence-electron chi connectivity index (χ0n) is 11.3. The van der Waals surface area contributed by atoms with Crippen molar-refractivity contribution in [2.45, 2.75) is 25.3 Å². The molecule has 0 fully saturated rings. The highest BCUT2D eigenvalue weighted by Gasteiger charge is 2.20. The Hall–Kier alpha value is -1.97. The van der Waals surface area contributed by atoms with E-state index >= 15 is 0 Å². The Labute approximate surface area is 113 Å². The number of nitrogens with zero attached hydrogens (tertiary/aromatic N) is 2. The molecular weight excluding hydrogens is 240 g/mol. The lowest BCUT2D eigenvalue weighted by atomic mass is 9.90. The van der Waals surface area contributed by atoms with E-state index in [-0.39, 0.29) is 0 Å². The molecule has 0 amide bonds. The third-order valence-corrected chi connectivity index (χ3v) is 3.84. The van der Waals surface area contributed by atoms with Crippen LogP contribution in [0.4, 0.5) is 0 Å². The summed E-state index contributed by atoms with van der Waals surface area (Å²) in [4.78, 5) is 4.21. The molecule has 0 saturated heterocycles. The van der Waals surface area contributed by atoms with E-state index in [4.69, 9.17) is 9.47 Å². The van der Waals surface area contributed by atoms with Gasteiger partial charge in [0, 0.05) is 24.4 Å². The summed E-state index contributed by atoms with van der Waals surface area (Å²) in [5.41, 5.74) is 2.63. The number of aryl methyl sites for hydroxylation is 1. The molecule has 2 heterocycles. The largest absolute Gasteiger partial charge is 0.493 e. The van der Waals surface area contributed by atoms with Crippen molar-refractivity contribution in [3.8, 4) is 11.5 Å². The minimum atomic E-state index is 0.515. The molecule has 4 heteroatoms. The fourth-order valence-corrected chi connectivity index (χ4v) is 2.75. The van der Waals surface area contributed by atoms with Gasteiger partial charge in [-0.3, -0.25) is 0 Å². The normalized spacial score (nSPS) is 17.9. The Morgan fingerprint density at radius 1 is 1.21 bits per heavy atom. The van der Waals surface area contributed by atoms with Gasteiger partial charge in [-0.1, -0.05) is 6.07 Å². The van der Waals surface area contributed by atoms with Crippen molar-refractivity contribution in [3.05, 3.63) is 42.0 Å². The molecule has 1 aliphatic rings. The number of rotatable bonds is 3. The Balaban J connectivity index is 1.87. The topological polar surface area (TPSA) is 36.3 Å². The maximum atomic E-state index is 5.38. The number of hydrogen-bond donors (Lipinski definition) is 0. The summed E-state index contributed by atoms with van der Waals surface area (Å²) in [5, 5.41) is 0. The van der Waals surface area contributed by atoms with Gasteiger partial charge in [-0.2, -0.15) is 0 Å². The van der Waals surface area contributed by atoms with Crippen LogP contribution in [0.15, 0.2) is 30.7 Å². The third-order valence-electron chi connectivity index (χ3n) is 3.84. The van der Waals surface area contributed by atoms with Gasteiger partial charge in [0.2, 0.25) is 0 Å². The van der Waals surface area contributed by atoms with Gasteiger partial charge in [0.1, 0.15) is 0 Å². The number of fused-ring (bicyclic) bond motifs is 1. The summed E-state index contributed by atoms with van der Waals surface area (Å²) in [6.07, 6.45) is 6.12. The van der Waals surface area contributed by atoms with E-state index in [9.17, 15) is 0 Å². The van der Waals surface area contributed by atoms with Gasteiger partial charge in [0.05, 0.1) is 20.5 Å². The zero-order valence-corrected chi connectivity index (χ0v) is 11.3. The average Bonchev–Trinajstić information content (AvgIpc) is 2.93. The molecule has 3 rings (SSSR count). The van der Waals surface area contributed by atoms with Crippen molar-refractivity contribution in [3.63, 3.8) is 0 Å². The van der Waals surface area contributed by atoms with Crippen LogP contribution in [0.5, 0.6) is 11.5 Å². The van der Waals surface area contributed by atoms with Crippen LogP contribution >= 0.6 is 0 Å². The summed E-state index contributed by atoms with van der Waals surface area (Å²) in [6.45, 7) is 0.991. The third kappa shape index (κ3) is 2.18. The fourth-order valence-electron chi connectivity index (χ4n) is 2.75. The maximum absolute atomic E-state index is 5.38. The minimum absolute atomic E-state index is 0.515. The number of imidazole rings is 1. The van der Waals surface area contributed by atoms with Gasteiger partial charge in [0.15, 0.2) is 11.5 Å². The minimum Gasteiger partial charge on any atom is -0.493 e. The van der Waals surface area contributed by atoms with Crippen LogP contribution in [0, 0.1) is 0 Å². The van der Waals surface area contributed by atoms with E-state index in [2.05, 4.69) is 21.7 Å². The lowest BCUT2D eigenvalue weighted by Crippen LogP contribution is -2.17. The first-order valence-electron chi connectivity index (χ1n) is 6.52. The van der Waals surface area contributed by atoms with E-state index in [1.165, 1.54) is 11.3 Å². The number of methoxy groups -OCH3 is 2. The molecule has 2 aromatic rings. The molecular formula is C15H18N2O2.